The number of pyridine rings is 2. The standard InChI is InChI=1S/2C9H7NO.Mo.H2O2.O/c2*11-8-5-1-3-7-4-2-6-10-9(7)8;;1-2;/h2*1-6,11H;;1-2H;. The Bertz CT molecular complexity index is 865. The molecular weight excluding hydrogens is 420 g/mol. The van der Waals surface area contributed by atoms with Gasteiger partial charge in [-0.3, -0.25) is 20.5 Å². The molecule has 0 saturated carbocycles. The summed E-state index contributed by atoms with van der Waals surface area (Å²) >= 11 is 0.700. The van der Waals surface area contributed by atoms with E-state index in [4.69, 9.17) is 13.9 Å². The summed E-state index contributed by atoms with van der Waals surface area (Å²) in [6, 6.07) is 18.3. The van der Waals surface area contributed by atoms with E-state index >= 15 is 0 Å². The van der Waals surface area contributed by atoms with Crippen molar-refractivity contribution in [1.29, 1.82) is 0 Å². The van der Waals surface area contributed by atoms with Gasteiger partial charge in [-0.2, -0.15) is 0 Å². The molecule has 2 heterocycles. The van der Waals surface area contributed by atoms with Crippen molar-refractivity contribution >= 4 is 21.8 Å². The number of hydrogen-bond donors (Lipinski definition) is 4. The van der Waals surface area contributed by atoms with E-state index in [9.17, 15) is 10.2 Å². The molecular formula is C18H16MoN2O5. The van der Waals surface area contributed by atoms with Crippen LogP contribution in [-0.4, -0.2) is 30.7 Å². The van der Waals surface area contributed by atoms with E-state index in [-0.39, 0.29) is 11.5 Å². The second kappa shape index (κ2) is 11.8. The molecule has 0 spiro atoms. The first kappa shape index (κ1) is 21.3. The predicted molar refractivity (Wildman–Crippen MR) is 92.8 cm³/mol. The summed E-state index contributed by atoms with van der Waals surface area (Å²) in [7, 11) is 0. The van der Waals surface area contributed by atoms with Crippen molar-refractivity contribution < 1.29 is 43.9 Å². The molecule has 8 heteroatoms. The molecule has 7 nitrogen and oxygen atoms in total. The van der Waals surface area contributed by atoms with Crippen LogP contribution in [0.4, 0.5) is 0 Å². The van der Waals surface area contributed by atoms with Crippen LogP contribution >= 0.6 is 0 Å². The molecule has 0 aliphatic carbocycles. The first-order chi connectivity index (χ1) is 12.8. The van der Waals surface area contributed by atoms with Gasteiger partial charge >= 0.3 is 23.2 Å². The normalized spacial score (nSPS) is 9.00. The molecule has 0 aliphatic heterocycles. The quantitative estimate of drug-likeness (QED) is 0.188. The zero-order valence-corrected chi connectivity index (χ0v) is 15.4. The number of para-hydroxylation sites is 2. The second-order valence-corrected chi connectivity index (χ2v) is 4.70. The van der Waals surface area contributed by atoms with Gasteiger partial charge in [-0.15, -0.1) is 0 Å². The Morgan fingerprint density at radius 1 is 0.615 bits per heavy atom. The second-order valence-electron chi connectivity index (χ2n) is 4.70. The van der Waals surface area contributed by atoms with E-state index in [0.29, 0.717) is 30.8 Å². The van der Waals surface area contributed by atoms with E-state index in [0.717, 1.165) is 10.8 Å². The Hall–Kier alpha value is -2.73. The third kappa shape index (κ3) is 5.67. The molecule has 4 N–H and O–H groups in total. The van der Waals surface area contributed by atoms with Gasteiger partial charge in [0.05, 0.1) is 0 Å². The fourth-order valence-corrected chi connectivity index (χ4v) is 2.18. The number of phenolic OH excluding ortho intramolecular Hbond substituents is 2. The van der Waals surface area contributed by atoms with Crippen molar-refractivity contribution in [1.82, 2.24) is 9.97 Å². The summed E-state index contributed by atoms with van der Waals surface area (Å²) in [4.78, 5) is 8.06. The van der Waals surface area contributed by atoms with Crippen molar-refractivity contribution in [2.24, 2.45) is 0 Å². The van der Waals surface area contributed by atoms with E-state index in [2.05, 4.69) is 9.97 Å². The molecule has 0 saturated heterocycles. The molecule has 0 amide bonds. The van der Waals surface area contributed by atoms with Crippen LogP contribution in [0.5, 0.6) is 11.5 Å². The molecule has 26 heavy (non-hydrogen) atoms. The third-order valence-electron chi connectivity index (χ3n) is 3.22. The molecule has 2 aromatic heterocycles. The van der Waals surface area contributed by atoms with Crippen LogP contribution < -0.4 is 0 Å². The van der Waals surface area contributed by atoms with Crippen LogP contribution in [0.2, 0.25) is 0 Å². The maximum atomic E-state index is 9.31. The van der Waals surface area contributed by atoms with Gasteiger partial charge in [0.25, 0.3) is 0 Å². The summed E-state index contributed by atoms with van der Waals surface area (Å²) in [6.07, 6.45) is 3.34. The van der Waals surface area contributed by atoms with Gasteiger partial charge in [0, 0.05) is 23.2 Å². The van der Waals surface area contributed by atoms with Crippen molar-refractivity contribution in [2.75, 3.05) is 0 Å². The van der Waals surface area contributed by atoms with Crippen LogP contribution in [-0.2, 0) is 23.2 Å². The van der Waals surface area contributed by atoms with Gasteiger partial charge in [-0.1, -0.05) is 36.4 Å². The zero-order chi connectivity index (χ0) is 19.4. The molecule has 0 fully saturated rings. The van der Waals surface area contributed by atoms with E-state index in [1.807, 2.05) is 36.4 Å². The number of benzene rings is 2. The summed E-state index contributed by atoms with van der Waals surface area (Å²) < 4.78 is 8.26. The number of nitrogens with zero attached hydrogens (tertiary/aromatic N) is 2. The van der Waals surface area contributed by atoms with Crippen LogP contribution in [0, 0.1) is 0 Å². The zero-order valence-electron chi connectivity index (χ0n) is 13.4. The molecule has 0 bridgehead atoms. The van der Waals surface area contributed by atoms with E-state index in [1.165, 1.54) is 0 Å². The average molecular weight is 436 g/mol. The fraction of sp³-hybridized carbons (Fsp3) is 0. The van der Waals surface area contributed by atoms with Crippen LogP contribution in [0.3, 0.4) is 0 Å². The number of hydrogen-bond acceptors (Lipinski definition) is 7. The predicted octanol–water partition coefficient (Wildman–Crippen LogP) is 3.78. The number of aromatic hydroxyl groups is 2. The van der Waals surface area contributed by atoms with Crippen LogP contribution in [0.25, 0.3) is 21.8 Å². The minimum atomic E-state index is 0.239. The molecule has 0 aliphatic rings. The van der Waals surface area contributed by atoms with Crippen LogP contribution in [0.1, 0.15) is 0 Å². The molecule has 4 rings (SSSR count). The van der Waals surface area contributed by atoms with Crippen molar-refractivity contribution in [2.45, 2.75) is 0 Å². The maximum absolute atomic E-state index is 9.31. The molecule has 2 aromatic carbocycles. The number of rotatable bonds is 0. The molecule has 134 valence electrons. The minimum absolute atomic E-state index is 0.239. The summed E-state index contributed by atoms with van der Waals surface area (Å²) in [5.41, 5.74) is 1.32. The summed E-state index contributed by atoms with van der Waals surface area (Å²) in [5, 5.41) is 32.5. The molecule has 0 unspecified atom stereocenters. The average Bonchev–Trinajstić information content (AvgIpc) is 2.72. The Morgan fingerprint density at radius 3 is 1.31 bits per heavy atom. The van der Waals surface area contributed by atoms with Gasteiger partial charge < -0.3 is 10.2 Å². The first-order valence-corrected chi connectivity index (χ1v) is 8.00. The van der Waals surface area contributed by atoms with Crippen molar-refractivity contribution in [3.63, 3.8) is 0 Å². The first-order valence-electron chi connectivity index (χ1n) is 7.18. The van der Waals surface area contributed by atoms with Crippen molar-refractivity contribution in [3.05, 3.63) is 73.1 Å². The van der Waals surface area contributed by atoms with E-state index in [1.54, 1.807) is 36.7 Å². The third-order valence-corrected chi connectivity index (χ3v) is 3.22. The SMILES string of the molecule is OO.Oc1cccc2cccnc12.Oc1cccc2cccnc12.[O]=[Mo]. The molecule has 4 aromatic rings. The summed E-state index contributed by atoms with van der Waals surface area (Å²) in [6.45, 7) is 0. The van der Waals surface area contributed by atoms with E-state index < -0.39 is 0 Å². The van der Waals surface area contributed by atoms with Gasteiger partial charge in [0.1, 0.15) is 22.5 Å². The number of fused-ring (bicyclic) bond motifs is 2. The van der Waals surface area contributed by atoms with Gasteiger partial charge in [-0.05, 0) is 24.3 Å². The number of aromatic nitrogens is 2. The van der Waals surface area contributed by atoms with Gasteiger partial charge in [-0.25, -0.2) is 0 Å². The monoisotopic (exact) mass is 438 g/mol. The Balaban J connectivity index is 0.000000219. The number of phenols is 2. The van der Waals surface area contributed by atoms with Gasteiger partial charge in [0.2, 0.25) is 0 Å². The Kier molecular flexibility index (Phi) is 9.64. The topological polar surface area (TPSA) is 124 Å². The van der Waals surface area contributed by atoms with Crippen molar-refractivity contribution in [3.8, 4) is 11.5 Å². The molecule has 0 atom stereocenters. The Morgan fingerprint density at radius 2 is 0.962 bits per heavy atom. The van der Waals surface area contributed by atoms with Crippen LogP contribution in [0.15, 0.2) is 73.1 Å². The Labute approximate surface area is 160 Å². The fourth-order valence-electron chi connectivity index (χ4n) is 2.18. The summed E-state index contributed by atoms with van der Waals surface area (Å²) in [5.74, 6) is 0.478. The molecule has 0 radical (unpaired) electrons. The van der Waals surface area contributed by atoms with Gasteiger partial charge in [0.15, 0.2) is 0 Å².